The number of benzene rings is 2. The maximum atomic E-state index is 13.5. The lowest BCUT2D eigenvalue weighted by Crippen LogP contribution is -2.58. The molecule has 12 heteroatoms. The lowest BCUT2D eigenvalue weighted by molar-refractivity contribution is -0.142. The van der Waals surface area contributed by atoms with Crippen LogP contribution in [0.2, 0.25) is 10.0 Å². The van der Waals surface area contributed by atoms with Gasteiger partial charge in [0.2, 0.25) is 10.0 Å². The molecule has 0 bridgehead atoms. The molecule has 1 aliphatic heterocycles. The fourth-order valence-electron chi connectivity index (χ4n) is 3.72. The van der Waals surface area contributed by atoms with E-state index in [4.69, 9.17) is 32.7 Å². The molecule has 3 rings (SSSR count). The van der Waals surface area contributed by atoms with Gasteiger partial charge in [0.1, 0.15) is 11.8 Å². The zero-order valence-electron chi connectivity index (χ0n) is 18.2. The first-order valence-electron chi connectivity index (χ1n) is 9.97. The van der Waals surface area contributed by atoms with E-state index in [2.05, 4.69) is 0 Å². The second-order valence-corrected chi connectivity index (χ2v) is 10.0. The average Bonchev–Trinajstić information content (AvgIpc) is 3.02. The molecule has 0 fully saturated rings. The lowest BCUT2D eigenvalue weighted by Gasteiger charge is -2.37. The molecule has 1 aliphatic rings. The Morgan fingerprint density at radius 2 is 1.68 bits per heavy atom. The molecule has 182 valence electrons. The number of rotatable bonds is 6. The van der Waals surface area contributed by atoms with Crippen molar-refractivity contribution in [2.75, 3.05) is 25.7 Å². The van der Waals surface area contributed by atoms with Gasteiger partial charge in [0, 0.05) is 16.6 Å². The van der Waals surface area contributed by atoms with Crippen LogP contribution in [0.1, 0.15) is 6.42 Å². The fourth-order valence-corrected chi connectivity index (χ4v) is 5.80. The highest BCUT2D eigenvalue weighted by molar-refractivity contribution is 7.89. The van der Waals surface area contributed by atoms with Crippen molar-refractivity contribution in [3.8, 4) is 5.75 Å². The SMILES string of the molecule is COC(=O)N(c1cc(Cl)cc(Cl)c1)C1CC=CCN(S(=O)(=O)c2ccc(OC)cc2)C1C(=O)O. The first kappa shape index (κ1) is 25.8. The molecule has 2 unspecified atom stereocenters. The number of carboxylic acid groups (broad SMARTS) is 1. The van der Waals surface area contributed by atoms with Crippen molar-refractivity contribution in [2.45, 2.75) is 23.4 Å². The molecular formula is C22H22Cl2N2O7S. The number of hydrogen-bond donors (Lipinski definition) is 1. The topological polar surface area (TPSA) is 113 Å². The molecule has 0 aromatic heterocycles. The van der Waals surface area contributed by atoms with E-state index >= 15 is 0 Å². The summed E-state index contributed by atoms with van der Waals surface area (Å²) in [6.45, 7) is -0.215. The number of carbonyl (C=O) groups excluding carboxylic acids is 1. The molecular weight excluding hydrogens is 507 g/mol. The van der Waals surface area contributed by atoms with Crippen LogP contribution in [0.3, 0.4) is 0 Å². The van der Waals surface area contributed by atoms with E-state index in [1.807, 2.05) is 0 Å². The van der Waals surface area contributed by atoms with Crippen LogP contribution in [0.25, 0.3) is 0 Å². The molecule has 0 spiro atoms. The summed E-state index contributed by atoms with van der Waals surface area (Å²) in [5.74, 6) is -0.995. The number of anilines is 1. The van der Waals surface area contributed by atoms with Crippen LogP contribution in [0, 0.1) is 0 Å². The summed E-state index contributed by atoms with van der Waals surface area (Å²) in [7, 11) is -1.71. The number of halogens is 2. The number of ether oxygens (including phenoxy) is 2. The Morgan fingerprint density at radius 3 is 2.21 bits per heavy atom. The number of carboxylic acids is 1. The molecule has 0 radical (unpaired) electrons. The zero-order valence-corrected chi connectivity index (χ0v) is 20.5. The number of carbonyl (C=O) groups is 2. The van der Waals surface area contributed by atoms with E-state index in [-0.39, 0.29) is 33.6 Å². The number of aliphatic carboxylic acids is 1. The van der Waals surface area contributed by atoms with Gasteiger partial charge in [-0.05, 0) is 48.9 Å². The number of sulfonamides is 1. The normalized spacial score (nSPS) is 18.7. The Bertz CT molecular complexity index is 1180. The summed E-state index contributed by atoms with van der Waals surface area (Å²) < 4.78 is 37.8. The van der Waals surface area contributed by atoms with Crippen molar-refractivity contribution >= 4 is 51.0 Å². The largest absolute Gasteiger partial charge is 0.497 e. The lowest BCUT2D eigenvalue weighted by atomic mass is 10.0. The maximum Gasteiger partial charge on any atom is 0.414 e. The quantitative estimate of drug-likeness (QED) is 0.562. The molecule has 1 N–H and O–H groups in total. The molecule has 1 heterocycles. The molecule has 34 heavy (non-hydrogen) atoms. The van der Waals surface area contributed by atoms with E-state index in [0.717, 1.165) is 16.3 Å². The number of hydrogen-bond acceptors (Lipinski definition) is 6. The van der Waals surface area contributed by atoms with Crippen LogP contribution >= 0.6 is 23.2 Å². The molecule has 1 amide bonds. The number of amides is 1. The van der Waals surface area contributed by atoms with Crippen LogP contribution in [0.5, 0.6) is 5.75 Å². The molecule has 2 aromatic carbocycles. The van der Waals surface area contributed by atoms with Crippen molar-refractivity contribution in [1.29, 1.82) is 0 Å². The van der Waals surface area contributed by atoms with E-state index in [1.54, 1.807) is 6.08 Å². The number of methoxy groups -OCH3 is 2. The first-order valence-corrected chi connectivity index (χ1v) is 12.2. The Hall–Kier alpha value is -2.79. The molecule has 0 saturated carbocycles. The highest BCUT2D eigenvalue weighted by Gasteiger charge is 2.45. The van der Waals surface area contributed by atoms with Gasteiger partial charge in [-0.25, -0.2) is 13.2 Å². The van der Waals surface area contributed by atoms with Gasteiger partial charge in [-0.2, -0.15) is 4.31 Å². The minimum absolute atomic E-state index is 0.0326. The van der Waals surface area contributed by atoms with Gasteiger partial charge in [0.15, 0.2) is 0 Å². The van der Waals surface area contributed by atoms with Crippen LogP contribution in [-0.4, -0.2) is 62.7 Å². The summed E-state index contributed by atoms with van der Waals surface area (Å²) in [6.07, 6.45) is 2.29. The van der Waals surface area contributed by atoms with Crippen LogP contribution in [0.4, 0.5) is 10.5 Å². The average molecular weight is 529 g/mol. The van der Waals surface area contributed by atoms with Gasteiger partial charge in [-0.1, -0.05) is 35.4 Å². The van der Waals surface area contributed by atoms with E-state index < -0.39 is 34.2 Å². The van der Waals surface area contributed by atoms with Crippen molar-refractivity contribution in [3.63, 3.8) is 0 Å². The number of nitrogens with zero attached hydrogens (tertiary/aromatic N) is 2. The Labute approximate surface area is 207 Å². The second kappa shape index (κ2) is 10.6. The standard InChI is InChI=1S/C22H22Cl2N2O7S/c1-32-17-6-8-18(9-7-17)34(30,31)25-10-4-3-5-19(20(25)21(27)28)26(22(29)33-2)16-12-14(23)11-15(24)13-16/h3-4,6-9,11-13,19-20H,5,10H2,1-2H3,(H,27,28). The minimum atomic E-state index is -4.29. The third-order valence-electron chi connectivity index (χ3n) is 5.25. The monoisotopic (exact) mass is 528 g/mol. The van der Waals surface area contributed by atoms with Crippen molar-refractivity contribution < 1.29 is 32.6 Å². The van der Waals surface area contributed by atoms with Crippen LogP contribution < -0.4 is 9.64 Å². The van der Waals surface area contributed by atoms with Crippen LogP contribution in [0.15, 0.2) is 59.5 Å². The van der Waals surface area contributed by atoms with E-state index in [1.165, 1.54) is 55.7 Å². The first-order chi connectivity index (χ1) is 16.1. The van der Waals surface area contributed by atoms with Gasteiger partial charge in [0.05, 0.1) is 30.8 Å². The van der Waals surface area contributed by atoms with Gasteiger partial charge in [-0.3, -0.25) is 9.69 Å². The molecule has 0 aliphatic carbocycles. The van der Waals surface area contributed by atoms with Crippen LogP contribution in [-0.2, 0) is 19.6 Å². The Morgan fingerprint density at radius 1 is 1.06 bits per heavy atom. The summed E-state index contributed by atoms with van der Waals surface area (Å²) in [5.41, 5.74) is 0.165. The fraction of sp³-hybridized carbons (Fsp3) is 0.273. The predicted octanol–water partition coefficient (Wildman–Crippen LogP) is 4.05. The van der Waals surface area contributed by atoms with E-state index in [0.29, 0.717) is 5.75 Å². The molecule has 2 atom stereocenters. The third-order valence-corrected chi connectivity index (χ3v) is 7.55. The maximum absolute atomic E-state index is 13.5. The smallest absolute Gasteiger partial charge is 0.414 e. The summed E-state index contributed by atoms with van der Waals surface area (Å²) in [6, 6.07) is 7.03. The van der Waals surface area contributed by atoms with Crippen molar-refractivity contribution in [1.82, 2.24) is 4.31 Å². The highest BCUT2D eigenvalue weighted by atomic mass is 35.5. The van der Waals surface area contributed by atoms with Gasteiger partial charge < -0.3 is 14.6 Å². The second-order valence-electron chi connectivity index (χ2n) is 7.28. The van der Waals surface area contributed by atoms with Gasteiger partial charge >= 0.3 is 12.1 Å². The summed E-state index contributed by atoms with van der Waals surface area (Å²) in [4.78, 5) is 26.3. The summed E-state index contributed by atoms with van der Waals surface area (Å²) >= 11 is 12.2. The van der Waals surface area contributed by atoms with E-state index in [9.17, 15) is 23.1 Å². The van der Waals surface area contributed by atoms with Crippen molar-refractivity contribution in [3.05, 3.63) is 64.7 Å². The Balaban J connectivity index is 2.14. The minimum Gasteiger partial charge on any atom is -0.497 e. The molecule has 9 nitrogen and oxygen atoms in total. The van der Waals surface area contributed by atoms with Gasteiger partial charge in [-0.15, -0.1) is 0 Å². The third kappa shape index (κ3) is 5.30. The zero-order chi connectivity index (χ0) is 25.0. The molecule has 2 aromatic rings. The molecule has 0 saturated heterocycles. The highest BCUT2D eigenvalue weighted by Crippen LogP contribution is 2.33. The van der Waals surface area contributed by atoms with Crippen molar-refractivity contribution in [2.24, 2.45) is 0 Å². The Kier molecular flexibility index (Phi) is 8.09. The predicted molar refractivity (Wildman–Crippen MR) is 127 cm³/mol. The summed E-state index contributed by atoms with van der Waals surface area (Å²) in [5, 5.41) is 10.6. The van der Waals surface area contributed by atoms with Gasteiger partial charge in [0.25, 0.3) is 0 Å².